The van der Waals surface area contributed by atoms with Crippen LogP contribution in [0.4, 0.5) is 0 Å². The van der Waals surface area contributed by atoms with Gasteiger partial charge in [0.05, 0.1) is 0 Å². The van der Waals surface area contributed by atoms with Gasteiger partial charge in [0.25, 0.3) is 0 Å². The Balaban J connectivity index is 2.06. The highest BCUT2D eigenvalue weighted by molar-refractivity contribution is 6.31. The Hall–Kier alpha value is -1.06. The first-order valence-corrected chi connectivity index (χ1v) is 5.79. The third-order valence-electron chi connectivity index (χ3n) is 2.95. The Morgan fingerprint density at radius 2 is 2.19 bits per heavy atom. The van der Waals surface area contributed by atoms with Gasteiger partial charge in [0.2, 0.25) is 5.91 Å². The molecule has 1 heterocycles. The number of carbonyl (C=O) groups excluding carboxylic acids is 1. The maximum Gasteiger partial charge on any atom is 0.223 e. The highest BCUT2D eigenvalue weighted by Crippen LogP contribution is 2.22. The molecule has 1 aromatic rings. The molecule has 0 saturated carbocycles. The Kier molecular flexibility index (Phi) is 3.46. The molecule has 0 spiro atoms. The molecule has 0 aliphatic carbocycles. The molecule has 3 nitrogen and oxygen atoms in total. The average molecular weight is 239 g/mol. The van der Waals surface area contributed by atoms with E-state index in [9.17, 15) is 4.79 Å². The lowest BCUT2D eigenvalue weighted by Gasteiger charge is -2.17. The molecule has 1 fully saturated rings. The monoisotopic (exact) mass is 238 g/mol. The summed E-state index contributed by atoms with van der Waals surface area (Å²) >= 11 is 6.06. The fourth-order valence-electron chi connectivity index (χ4n) is 2.00. The van der Waals surface area contributed by atoms with Gasteiger partial charge in [0.1, 0.15) is 0 Å². The van der Waals surface area contributed by atoms with Gasteiger partial charge < -0.3 is 10.6 Å². The van der Waals surface area contributed by atoms with Gasteiger partial charge in [-0.25, -0.2) is 0 Å². The smallest absolute Gasteiger partial charge is 0.223 e. The normalized spacial score (nSPS) is 20.5. The fraction of sp³-hybridized carbons (Fsp3) is 0.417. The van der Waals surface area contributed by atoms with Gasteiger partial charge in [0, 0.05) is 24.5 Å². The van der Waals surface area contributed by atoms with Crippen molar-refractivity contribution >= 4 is 17.5 Å². The predicted molar refractivity (Wildman–Crippen MR) is 64.0 cm³/mol. The zero-order valence-electron chi connectivity index (χ0n) is 9.03. The van der Waals surface area contributed by atoms with Gasteiger partial charge in [-0.05, 0) is 24.1 Å². The van der Waals surface area contributed by atoms with Crippen LogP contribution in [0.5, 0.6) is 0 Å². The minimum absolute atomic E-state index is 0.176. The summed E-state index contributed by atoms with van der Waals surface area (Å²) in [6, 6.07) is 7.62. The van der Waals surface area contributed by atoms with E-state index in [1.54, 1.807) is 0 Å². The predicted octanol–water partition coefficient (Wildman–Crippen LogP) is 1.65. The van der Waals surface area contributed by atoms with Crippen molar-refractivity contribution in [3.63, 3.8) is 0 Å². The molecule has 0 bridgehead atoms. The van der Waals surface area contributed by atoms with E-state index in [-0.39, 0.29) is 5.91 Å². The number of nitrogens with two attached hydrogens (primary N) is 1. The van der Waals surface area contributed by atoms with Crippen molar-refractivity contribution in [1.29, 1.82) is 0 Å². The van der Waals surface area contributed by atoms with E-state index in [1.165, 1.54) is 0 Å². The molecule has 0 aromatic heterocycles. The van der Waals surface area contributed by atoms with E-state index in [2.05, 4.69) is 0 Å². The number of likely N-dealkylation sites (tertiary alicyclic amines) is 1. The molecule has 1 amide bonds. The van der Waals surface area contributed by atoms with Crippen molar-refractivity contribution in [2.24, 2.45) is 11.7 Å². The summed E-state index contributed by atoms with van der Waals surface area (Å²) in [5.74, 6) is 0.477. The Bertz CT molecular complexity index is 394. The number of halogens is 1. The van der Waals surface area contributed by atoms with Crippen LogP contribution in [0.1, 0.15) is 12.0 Å². The fourth-order valence-corrected chi connectivity index (χ4v) is 2.19. The number of amides is 1. The number of benzene rings is 1. The highest BCUT2D eigenvalue weighted by atomic mass is 35.5. The molecule has 1 atom stereocenters. The highest BCUT2D eigenvalue weighted by Gasteiger charge is 2.28. The van der Waals surface area contributed by atoms with Crippen molar-refractivity contribution in [3.05, 3.63) is 34.9 Å². The van der Waals surface area contributed by atoms with Crippen LogP contribution >= 0.6 is 11.6 Å². The first-order chi connectivity index (χ1) is 7.70. The summed E-state index contributed by atoms with van der Waals surface area (Å²) in [5, 5.41) is 0.714. The molecule has 1 unspecified atom stereocenters. The lowest BCUT2D eigenvalue weighted by molar-refractivity contribution is -0.128. The second kappa shape index (κ2) is 4.85. The van der Waals surface area contributed by atoms with E-state index in [0.717, 1.165) is 12.1 Å². The van der Waals surface area contributed by atoms with E-state index in [4.69, 9.17) is 17.3 Å². The first kappa shape index (κ1) is 11.4. The molecule has 2 rings (SSSR count). The van der Waals surface area contributed by atoms with Crippen LogP contribution in [0.25, 0.3) is 0 Å². The average Bonchev–Trinajstić information content (AvgIpc) is 2.63. The number of hydrogen-bond donors (Lipinski definition) is 1. The van der Waals surface area contributed by atoms with E-state index >= 15 is 0 Å². The minimum Gasteiger partial charge on any atom is -0.338 e. The van der Waals surface area contributed by atoms with Crippen LogP contribution in [0.15, 0.2) is 24.3 Å². The lowest BCUT2D eigenvalue weighted by atomic mass is 10.1. The minimum atomic E-state index is 0.176. The van der Waals surface area contributed by atoms with Crippen molar-refractivity contribution < 1.29 is 4.79 Å². The van der Waals surface area contributed by atoms with Gasteiger partial charge in [0.15, 0.2) is 0 Å². The van der Waals surface area contributed by atoms with Crippen molar-refractivity contribution in [3.8, 4) is 0 Å². The van der Waals surface area contributed by atoms with Crippen LogP contribution < -0.4 is 5.73 Å². The zero-order chi connectivity index (χ0) is 11.5. The quantitative estimate of drug-likeness (QED) is 0.871. The van der Waals surface area contributed by atoms with Crippen LogP contribution in [0.3, 0.4) is 0 Å². The second-order valence-electron chi connectivity index (χ2n) is 4.17. The number of rotatable bonds is 3. The van der Waals surface area contributed by atoms with Gasteiger partial charge in [-0.1, -0.05) is 29.8 Å². The van der Waals surface area contributed by atoms with Crippen LogP contribution in [0.2, 0.25) is 5.02 Å². The van der Waals surface area contributed by atoms with Gasteiger partial charge in [-0.3, -0.25) is 4.79 Å². The van der Waals surface area contributed by atoms with Crippen LogP contribution in [-0.4, -0.2) is 23.9 Å². The van der Waals surface area contributed by atoms with Crippen molar-refractivity contribution in [2.45, 2.75) is 13.0 Å². The molecular formula is C12H15ClN2O. The van der Waals surface area contributed by atoms with Gasteiger partial charge in [-0.2, -0.15) is 0 Å². The summed E-state index contributed by atoms with van der Waals surface area (Å²) in [5.41, 5.74) is 6.57. The lowest BCUT2D eigenvalue weighted by Crippen LogP contribution is -2.25. The largest absolute Gasteiger partial charge is 0.338 e. The maximum absolute atomic E-state index is 11.7. The molecule has 1 saturated heterocycles. The molecule has 86 valence electrons. The van der Waals surface area contributed by atoms with Crippen LogP contribution in [0, 0.1) is 5.92 Å². The Morgan fingerprint density at radius 1 is 1.44 bits per heavy atom. The Morgan fingerprint density at radius 3 is 2.81 bits per heavy atom. The summed E-state index contributed by atoms with van der Waals surface area (Å²) in [7, 11) is 0. The van der Waals surface area contributed by atoms with Gasteiger partial charge in [-0.15, -0.1) is 0 Å². The zero-order valence-corrected chi connectivity index (χ0v) is 9.78. The van der Waals surface area contributed by atoms with Crippen LogP contribution in [-0.2, 0) is 11.3 Å². The molecule has 1 aliphatic rings. The van der Waals surface area contributed by atoms with E-state index < -0.39 is 0 Å². The molecular weight excluding hydrogens is 224 g/mol. The molecule has 4 heteroatoms. The topological polar surface area (TPSA) is 46.3 Å². The maximum atomic E-state index is 11.7. The molecule has 2 N–H and O–H groups in total. The summed E-state index contributed by atoms with van der Waals surface area (Å²) in [4.78, 5) is 13.5. The standard InChI is InChI=1S/C12H15ClN2O/c13-11-4-2-1-3-10(11)8-15-7-9(6-14)5-12(15)16/h1-4,9H,5-8,14H2. The Labute approximate surface area is 100 Å². The molecule has 16 heavy (non-hydrogen) atoms. The molecule has 0 radical (unpaired) electrons. The van der Waals surface area contributed by atoms with Gasteiger partial charge >= 0.3 is 0 Å². The third kappa shape index (κ3) is 2.36. The summed E-state index contributed by atoms with van der Waals surface area (Å²) in [6.45, 7) is 1.92. The number of nitrogens with zero attached hydrogens (tertiary/aromatic N) is 1. The molecule has 1 aliphatic heterocycles. The van der Waals surface area contributed by atoms with E-state index in [0.29, 0.717) is 30.5 Å². The van der Waals surface area contributed by atoms with Crippen molar-refractivity contribution in [2.75, 3.05) is 13.1 Å². The summed E-state index contributed by atoms with van der Waals surface area (Å²) in [6.07, 6.45) is 0.570. The summed E-state index contributed by atoms with van der Waals surface area (Å²) < 4.78 is 0. The first-order valence-electron chi connectivity index (χ1n) is 5.42. The van der Waals surface area contributed by atoms with E-state index in [1.807, 2.05) is 29.2 Å². The number of carbonyl (C=O) groups is 1. The second-order valence-corrected chi connectivity index (χ2v) is 4.58. The third-order valence-corrected chi connectivity index (χ3v) is 3.32. The molecule has 1 aromatic carbocycles. The van der Waals surface area contributed by atoms with Crippen molar-refractivity contribution in [1.82, 2.24) is 4.90 Å². The SMILES string of the molecule is NCC1CC(=O)N(Cc2ccccc2Cl)C1. The number of hydrogen-bond acceptors (Lipinski definition) is 2.